The Bertz CT molecular complexity index is 971. The Morgan fingerprint density at radius 1 is 1.05 bits per heavy atom. The third kappa shape index (κ3) is 8.95. The number of carbonyl (C=O) groups is 3. The third-order valence-electron chi connectivity index (χ3n) is 7.46. The minimum Gasteiger partial charge on any atom is -0.377 e. The van der Waals surface area contributed by atoms with E-state index in [1.165, 1.54) is 0 Å². The Labute approximate surface area is 266 Å². The van der Waals surface area contributed by atoms with Crippen molar-refractivity contribution in [2.24, 2.45) is 5.41 Å². The molecule has 9 nitrogen and oxygen atoms in total. The van der Waals surface area contributed by atoms with E-state index in [0.29, 0.717) is 12.0 Å². The number of likely N-dealkylation sites (N-methyl/N-ethyl adjacent to an activating group) is 1. The average molecular weight is 637 g/mol. The normalized spacial score (nSPS) is 23.1. The number of amides is 2. The van der Waals surface area contributed by atoms with Gasteiger partial charge in [0, 0.05) is 44.5 Å². The first-order valence-electron chi connectivity index (χ1n) is 13.0. The summed E-state index contributed by atoms with van der Waals surface area (Å²) in [7, 11) is 1.56. The average Bonchev–Trinajstić information content (AvgIpc) is 3.43. The Balaban J connectivity index is 0.00000380. The highest BCUT2D eigenvalue weighted by molar-refractivity contribution is 7.59. The van der Waals surface area contributed by atoms with Crippen molar-refractivity contribution in [2.45, 2.75) is 58.4 Å². The van der Waals surface area contributed by atoms with Gasteiger partial charge in [0.15, 0.2) is 5.78 Å². The van der Waals surface area contributed by atoms with E-state index in [4.69, 9.17) is 9.47 Å². The molecule has 0 saturated carbocycles. The lowest BCUT2D eigenvalue weighted by molar-refractivity contribution is -0.138. The van der Waals surface area contributed by atoms with Gasteiger partial charge in [-0.05, 0) is 42.6 Å². The van der Waals surface area contributed by atoms with Gasteiger partial charge in [-0.25, -0.2) is 0 Å². The molecule has 0 unspecified atom stereocenters. The van der Waals surface area contributed by atoms with Gasteiger partial charge in [0.2, 0.25) is 5.91 Å². The Hall–Kier alpha value is -1.09. The molecule has 0 radical (unpaired) electrons. The summed E-state index contributed by atoms with van der Waals surface area (Å²) in [6, 6.07) is 6.16. The zero-order valence-corrected chi connectivity index (χ0v) is 28.2. The maximum absolute atomic E-state index is 13.7. The van der Waals surface area contributed by atoms with Crippen molar-refractivity contribution in [3.8, 4) is 0 Å². The first-order valence-corrected chi connectivity index (χ1v) is 13.0. The Morgan fingerprint density at radius 3 is 2.17 bits per heavy atom. The summed E-state index contributed by atoms with van der Waals surface area (Å²) in [5.74, 6) is -0.686. The molecule has 1 aromatic rings. The number of hydrogen-bond acceptors (Lipinski definition) is 7. The molecule has 3 saturated heterocycles. The number of ether oxygens (including phenoxy) is 2. The number of rotatable bonds is 7. The SMILES string of the molecule is CCN1CCN(c2ccc(C(=O)N[C@@H](CC(C)(C)C)C(=O)N3C[C@H](OC)[C@H]4OCC(=O)[C@H]43)cc2)CC1.S.S.S.S. The molecule has 230 valence electrons. The second-order valence-corrected chi connectivity index (χ2v) is 11.2. The highest BCUT2D eigenvalue weighted by atomic mass is 32.1. The van der Waals surface area contributed by atoms with E-state index in [1.54, 1.807) is 12.0 Å². The molecule has 40 heavy (non-hydrogen) atoms. The zero-order chi connectivity index (χ0) is 26.0. The van der Waals surface area contributed by atoms with Crippen LogP contribution in [0.3, 0.4) is 0 Å². The minimum atomic E-state index is -0.760. The summed E-state index contributed by atoms with van der Waals surface area (Å²) < 4.78 is 11.1. The van der Waals surface area contributed by atoms with Gasteiger partial charge in [-0.1, -0.05) is 27.7 Å². The van der Waals surface area contributed by atoms with Crippen molar-refractivity contribution >= 4 is 77.3 Å². The van der Waals surface area contributed by atoms with Crippen molar-refractivity contribution in [2.75, 3.05) is 57.9 Å². The summed E-state index contributed by atoms with van der Waals surface area (Å²) in [6.07, 6.45) is -0.370. The number of nitrogens with zero attached hydrogens (tertiary/aromatic N) is 3. The summed E-state index contributed by atoms with van der Waals surface area (Å²) in [5, 5.41) is 2.96. The van der Waals surface area contributed by atoms with Crippen LogP contribution in [0.2, 0.25) is 0 Å². The van der Waals surface area contributed by atoms with E-state index in [-0.39, 0.29) is 96.3 Å². The fourth-order valence-electron chi connectivity index (χ4n) is 5.45. The van der Waals surface area contributed by atoms with Gasteiger partial charge >= 0.3 is 0 Å². The van der Waals surface area contributed by atoms with Crippen molar-refractivity contribution in [1.29, 1.82) is 0 Å². The van der Waals surface area contributed by atoms with Crippen molar-refractivity contribution < 1.29 is 23.9 Å². The molecule has 4 atom stereocenters. The number of ketones is 1. The predicted octanol–water partition coefficient (Wildman–Crippen LogP) is 2.01. The lowest BCUT2D eigenvalue weighted by atomic mass is 9.87. The van der Waals surface area contributed by atoms with E-state index in [2.05, 4.69) is 22.0 Å². The molecule has 0 aliphatic carbocycles. The van der Waals surface area contributed by atoms with Crippen LogP contribution < -0.4 is 10.2 Å². The van der Waals surface area contributed by atoms with Crippen LogP contribution in [-0.4, -0.2) is 105 Å². The lowest BCUT2D eigenvalue weighted by Crippen LogP contribution is -2.53. The van der Waals surface area contributed by atoms with Crippen LogP contribution in [0.1, 0.15) is 44.5 Å². The molecule has 1 aromatic carbocycles. The van der Waals surface area contributed by atoms with Gasteiger partial charge in [0.1, 0.15) is 30.9 Å². The molecule has 3 fully saturated rings. The number of hydrogen-bond donors (Lipinski definition) is 1. The Kier molecular flexibility index (Phi) is 16.1. The molecule has 3 heterocycles. The van der Waals surface area contributed by atoms with E-state index < -0.39 is 18.2 Å². The number of benzene rings is 1. The van der Waals surface area contributed by atoms with Gasteiger partial charge in [0.25, 0.3) is 5.91 Å². The van der Waals surface area contributed by atoms with Crippen LogP contribution in [0, 0.1) is 5.41 Å². The molecule has 4 rings (SSSR count). The quantitative estimate of drug-likeness (QED) is 0.490. The first kappa shape index (κ1) is 38.9. The first-order chi connectivity index (χ1) is 17.1. The standard InChI is InChI=1S/C27H40N4O5.4H2S/c1-6-29-11-13-30(14-12-29)19-9-7-18(8-10-19)25(33)28-20(15-27(2,3)4)26(34)31-16-22(35-5)24-23(31)21(32)17-36-24;;;;/h7-10,20,22-24H,6,11-17H2,1-5H3,(H,28,33);4*1H2/t20-,22-,23+,24+;;;;/m0..../s1. The van der Waals surface area contributed by atoms with Crippen LogP contribution in [0.15, 0.2) is 24.3 Å². The summed E-state index contributed by atoms with van der Waals surface area (Å²) >= 11 is 0. The highest BCUT2D eigenvalue weighted by Crippen LogP contribution is 2.31. The maximum atomic E-state index is 13.7. The van der Waals surface area contributed by atoms with E-state index in [0.717, 1.165) is 38.4 Å². The zero-order valence-electron chi connectivity index (χ0n) is 24.2. The van der Waals surface area contributed by atoms with E-state index in [1.807, 2.05) is 45.0 Å². The van der Waals surface area contributed by atoms with Crippen LogP contribution in [0.5, 0.6) is 0 Å². The third-order valence-corrected chi connectivity index (χ3v) is 7.46. The smallest absolute Gasteiger partial charge is 0.251 e. The fraction of sp³-hybridized carbons (Fsp3) is 0.667. The number of likely N-dealkylation sites (tertiary alicyclic amines) is 1. The number of methoxy groups -OCH3 is 1. The fourth-order valence-corrected chi connectivity index (χ4v) is 5.45. The lowest BCUT2D eigenvalue weighted by Gasteiger charge is -2.35. The molecule has 1 N–H and O–H groups in total. The second kappa shape index (κ2) is 16.5. The molecule has 2 amide bonds. The topological polar surface area (TPSA) is 91.4 Å². The highest BCUT2D eigenvalue weighted by Gasteiger charge is 2.53. The molecule has 13 heteroatoms. The predicted molar refractivity (Wildman–Crippen MR) is 179 cm³/mol. The molecule has 0 spiro atoms. The van der Waals surface area contributed by atoms with Crippen LogP contribution >= 0.6 is 54.0 Å². The Morgan fingerprint density at radius 2 is 1.65 bits per heavy atom. The van der Waals surface area contributed by atoms with Gasteiger partial charge in [-0.15, -0.1) is 0 Å². The van der Waals surface area contributed by atoms with Crippen molar-refractivity contribution in [3.05, 3.63) is 29.8 Å². The van der Waals surface area contributed by atoms with Crippen LogP contribution in [0.25, 0.3) is 0 Å². The largest absolute Gasteiger partial charge is 0.377 e. The summed E-state index contributed by atoms with van der Waals surface area (Å²) in [4.78, 5) is 45.7. The molecule has 0 bridgehead atoms. The molecular weight excluding hydrogens is 589 g/mol. The number of nitrogens with one attached hydrogen (secondary N) is 1. The molecule has 3 aliphatic rings. The maximum Gasteiger partial charge on any atom is 0.251 e. The van der Waals surface area contributed by atoms with Crippen LogP contribution in [-0.2, 0) is 19.1 Å². The summed E-state index contributed by atoms with van der Waals surface area (Å²) in [5.41, 5.74) is 1.39. The number of anilines is 1. The summed E-state index contributed by atoms with van der Waals surface area (Å²) in [6.45, 7) is 13.6. The van der Waals surface area contributed by atoms with E-state index >= 15 is 0 Å². The number of carbonyl (C=O) groups excluding carboxylic acids is 3. The van der Waals surface area contributed by atoms with Gasteiger partial charge < -0.3 is 29.5 Å². The van der Waals surface area contributed by atoms with Gasteiger partial charge in [-0.3, -0.25) is 14.4 Å². The van der Waals surface area contributed by atoms with Crippen molar-refractivity contribution in [1.82, 2.24) is 15.1 Å². The van der Waals surface area contributed by atoms with Gasteiger partial charge in [-0.2, -0.15) is 54.0 Å². The number of piperazine rings is 1. The number of Topliss-reactive ketones (excluding diaryl/α,β-unsaturated/α-hetero) is 1. The van der Waals surface area contributed by atoms with E-state index in [9.17, 15) is 14.4 Å². The number of fused-ring (bicyclic) bond motifs is 1. The van der Waals surface area contributed by atoms with Crippen molar-refractivity contribution in [3.63, 3.8) is 0 Å². The monoisotopic (exact) mass is 636 g/mol. The van der Waals surface area contributed by atoms with Crippen LogP contribution in [0.4, 0.5) is 5.69 Å². The van der Waals surface area contributed by atoms with Gasteiger partial charge in [0.05, 0.1) is 6.54 Å². The molecule has 0 aromatic heterocycles. The second-order valence-electron chi connectivity index (χ2n) is 11.2. The minimum absolute atomic E-state index is 0. The molecular formula is C27H48N4O5S4. The molecule has 3 aliphatic heterocycles.